The molecular weight excluding hydrogens is 184 g/mol. The third-order valence-electron chi connectivity index (χ3n) is 2.09. The van der Waals surface area contributed by atoms with Crippen LogP contribution in [0.4, 0.5) is 0 Å². The number of carbonyl (C=O) groups is 1. The highest BCUT2D eigenvalue weighted by atomic mass is 32.1. The molecule has 0 aromatic rings. The predicted molar refractivity (Wildman–Crippen MR) is 53.4 cm³/mol. The molecule has 0 radical (unpaired) electrons. The molecule has 0 bridgehead atoms. The molecule has 0 heterocycles. The number of hydrogen-bond acceptors (Lipinski definition) is 3. The lowest BCUT2D eigenvalue weighted by molar-refractivity contribution is -0.130. The minimum Gasteiger partial charge on any atom is -0.338 e. The van der Waals surface area contributed by atoms with Crippen molar-refractivity contribution in [2.45, 2.75) is 37.5 Å². The van der Waals surface area contributed by atoms with Crippen molar-refractivity contribution in [2.75, 3.05) is 6.54 Å². The lowest BCUT2D eigenvalue weighted by atomic mass is 10.3. The zero-order chi connectivity index (χ0) is 9.84. The first-order valence-electron chi connectivity index (χ1n) is 4.52. The van der Waals surface area contributed by atoms with Gasteiger partial charge in [-0.2, -0.15) is 17.9 Å². The fourth-order valence-electron chi connectivity index (χ4n) is 1.27. The van der Waals surface area contributed by atoms with Crippen molar-refractivity contribution < 1.29 is 4.79 Å². The summed E-state index contributed by atoms with van der Waals surface area (Å²) in [6, 6.07) is 2.44. The SMILES string of the molecule is CC(S)C(=O)N(CCC#N)C1CC1. The predicted octanol–water partition coefficient (Wildman–Crippen LogP) is 1.21. The monoisotopic (exact) mass is 198 g/mol. The van der Waals surface area contributed by atoms with Crippen molar-refractivity contribution in [3.05, 3.63) is 0 Å². The average Bonchev–Trinajstić information content (AvgIpc) is 2.88. The lowest BCUT2D eigenvalue weighted by Crippen LogP contribution is -2.38. The van der Waals surface area contributed by atoms with Gasteiger partial charge in [-0.1, -0.05) is 0 Å². The second kappa shape index (κ2) is 4.52. The maximum atomic E-state index is 11.6. The largest absolute Gasteiger partial charge is 0.338 e. The Kier molecular flexibility index (Phi) is 3.61. The summed E-state index contributed by atoms with van der Waals surface area (Å²) >= 11 is 4.10. The van der Waals surface area contributed by atoms with Gasteiger partial charge in [-0.25, -0.2) is 0 Å². The van der Waals surface area contributed by atoms with E-state index in [4.69, 9.17) is 5.26 Å². The Morgan fingerprint density at radius 3 is 2.77 bits per heavy atom. The molecule has 1 rings (SSSR count). The van der Waals surface area contributed by atoms with E-state index in [-0.39, 0.29) is 11.2 Å². The van der Waals surface area contributed by atoms with Crippen LogP contribution in [0.2, 0.25) is 0 Å². The van der Waals surface area contributed by atoms with Crippen molar-refractivity contribution in [2.24, 2.45) is 0 Å². The third kappa shape index (κ3) is 2.92. The molecule has 1 atom stereocenters. The molecule has 0 spiro atoms. The van der Waals surface area contributed by atoms with E-state index >= 15 is 0 Å². The van der Waals surface area contributed by atoms with E-state index in [0.717, 1.165) is 12.8 Å². The fourth-order valence-corrected chi connectivity index (χ4v) is 1.42. The number of nitrogens with zero attached hydrogens (tertiary/aromatic N) is 2. The molecule has 0 N–H and O–H groups in total. The van der Waals surface area contributed by atoms with Crippen LogP contribution in [0.15, 0.2) is 0 Å². The van der Waals surface area contributed by atoms with Crippen LogP contribution in [0.5, 0.6) is 0 Å². The van der Waals surface area contributed by atoms with Gasteiger partial charge in [0.05, 0.1) is 17.7 Å². The highest BCUT2D eigenvalue weighted by Gasteiger charge is 2.33. The Morgan fingerprint density at radius 2 is 2.38 bits per heavy atom. The Bertz CT molecular complexity index is 230. The van der Waals surface area contributed by atoms with Crippen molar-refractivity contribution in [1.29, 1.82) is 5.26 Å². The Morgan fingerprint density at radius 1 is 1.77 bits per heavy atom. The van der Waals surface area contributed by atoms with Gasteiger partial charge in [-0.3, -0.25) is 4.79 Å². The molecule has 1 aliphatic carbocycles. The molecule has 1 unspecified atom stereocenters. The maximum absolute atomic E-state index is 11.6. The summed E-state index contributed by atoms with van der Waals surface area (Å²) in [7, 11) is 0. The second-order valence-corrected chi connectivity index (χ2v) is 4.12. The van der Waals surface area contributed by atoms with Gasteiger partial charge >= 0.3 is 0 Å². The second-order valence-electron chi connectivity index (χ2n) is 3.35. The summed E-state index contributed by atoms with van der Waals surface area (Å²) in [6.45, 7) is 2.33. The highest BCUT2D eigenvalue weighted by Crippen LogP contribution is 2.27. The topological polar surface area (TPSA) is 44.1 Å². The molecule has 3 nitrogen and oxygen atoms in total. The van der Waals surface area contributed by atoms with E-state index in [1.807, 2.05) is 0 Å². The van der Waals surface area contributed by atoms with Crippen molar-refractivity contribution in [3.63, 3.8) is 0 Å². The quantitative estimate of drug-likeness (QED) is 0.690. The van der Waals surface area contributed by atoms with Crippen molar-refractivity contribution >= 4 is 18.5 Å². The van der Waals surface area contributed by atoms with Crippen LogP contribution in [0.1, 0.15) is 26.2 Å². The number of hydrogen-bond donors (Lipinski definition) is 1. The fraction of sp³-hybridized carbons (Fsp3) is 0.778. The van der Waals surface area contributed by atoms with Crippen LogP contribution < -0.4 is 0 Å². The van der Waals surface area contributed by atoms with E-state index in [0.29, 0.717) is 19.0 Å². The highest BCUT2D eigenvalue weighted by molar-refractivity contribution is 7.81. The van der Waals surface area contributed by atoms with Gasteiger partial charge in [-0.15, -0.1) is 0 Å². The molecule has 1 fully saturated rings. The van der Waals surface area contributed by atoms with Crippen LogP contribution in [0.3, 0.4) is 0 Å². The number of nitriles is 1. The van der Waals surface area contributed by atoms with Crippen LogP contribution in [-0.2, 0) is 4.79 Å². The van der Waals surface area contributed by atoms with Crippen molar-refractivity contribution in [3.8, 4) is 6.07 Å². The molecule has 0 aromatic carbocycles. The molecule has 72 valence electrons. The Balaban J connectivity index is 2.47. The average molecular weight is 198 g/mol. The summed E-state index contributed by atoms with van der Waals surface area (Å²) in [6.07, 6.45) is 2.58. The Hall–Kier alpha value is -0.690. The van der Waals surface area contributed by atoms with Gasteiger partial charge in [0.25, 0.3) is 0 Å². The minimum atomic E-state index is -0.251. The van der Waals surface area contributed by atoms with E-state index in [1.165, 1.54) is 0 Å². The van der Waals surface area contributed by atoms with Gasteiger partial charge in [-0.05, 0) is 19.8 Å². The molecule has 4 heteroatoms. The van der Waals surface area contributed by atoms with E-state index in [1.54, 1.807) is 11.8 Å². The molecule has 0 aromatic heterocycles. The van der Waals surface area contributed by atoms with Crippen LogP contribution >= 0.6 is 12.6 Å². The summed E-state index contributed by atoms with van der Waals surface area (Å²) in [4.78, 5) is 13.4. The summed E-state index contributed by atoms with van der Waals surface area (Å²) in [5, 5.41) is 8.18. The first kappa shape index (κ1) is 10.4. The first-order valence-corrected chi connectivity index (χ1v) is 5.04. The molecule has 1 amide bonds. The van der Waals surface area contributed by atoms with E-state index < -0.39 is 0 Å². The molecule has 0 aliphatic heterocycles. The first-order chi connectivity index (χ1) is 6.16. The number of carbonyl (C=O) groups excluding carboxylic acids is 1. The molecule has 0 saturated heterocycles. The molecular formula is C9H14N2OS. The summed E-state index contributed by atoms with van der Waals surface area (Å²) in [5.74, 6) is 0.0566. The van der Waals surface area contributed by atoms with Gasteiger partial charge in [0.15, 0.2) is 0 Å². The van der Waals surface area contributed by atoms with E-state index in [9.17, 15) is 4.79 Å². The number of amides is 1. The summed E-state index contributed by atoms with van der Waals surface area (Å²) in [5.41, 5.74) is 0. The zero-order valence-electron chi connectivity index (χ0n) is 7.73. The van der Waals surface area contributed by atoms with Crippen molar-refractivity contribution in [1.82, 2.24) is 4.90 Å². The summed E-state index contributed by atoms with van der Waals surface area (Å²) < 4.78 is 0. The van der Waals surface area contributed by atoms with Gasteiger partial charge < -0.3 is 4.90 Å². The van der Waals surface area contributed by atoms with E-state index in [2.05, 4.69) is 18.7 Å². The lowest BCUT2D eigenvalue weighted by Gasteiger charge is -2.22. The Labute approximate surface area is 84.1 Å². The van der Waals surface area contributed by atoms with Crippen LogP contribution in [-0.4, -0.2) is 28.6 Å². The van der Waals surface area contributed by atoms with Crippen LogP contribution in [0.25, 0.3) is 0 Å². The minimum absolute atomic E-state index is 0.0566. The van der Waals surface area contributed by atoms with Gasteiger partial charge in [0.1, 0.15) is 0 Å². The molecule has 13 heavy (non-hydrogen) atoms. The molecule has 1 saturated carbocycles. The normalized spacial score (nSPS) is 17.6. The molecule has 1 aliphatic rings. The maximum Gasteiger partial charge on any atom is 0.235 e. The smallest absolute Gasteiger partial charge is 0.235 e. The third-order valence-corrected chi connectivity index (χ3v) is 2.31. The zero-order valence-corrected chi connectivity index (χ0v) is 8.63. The van der Waals surface area contributed by atoms with Gasteiger partial charge in [0.2, 0.25) is 5.91 Å². The standard InChI is InChI=1S/C9H14N2OS/c1-7(13)9(12)11(6-2-5-10)8-3-4-8/h7-8,13H,2-4,6H2,1H3. The van der Waals surface area contributed by atoms with Gasteiger partial charge in [0, 0.05) is 12.6 Å². The number of thiol groups is 1. The van der Waals surface area contributed by atoms with Crippen LogP contribution in [0, 0.1) is 11.3 Å². The number of rotatable bonds is 4.